The van der Waals surface area contributed by atoms with E-state index in [9.17, 15) is 4.79 Å². The molecule has 1 heterocycles. The van der Waals surface area contributed by atoms with Crippen molar-refractivity contribution in [2.24, 2.45) is 0 Å². The molecule has 0 amide bonds. The summed E-state index contributed by atoms with van der Waals surface area (Å²) < 4.78 is 4.64. The minimum atomic E-state index is -0.373. The lowest BCUT2D eigenvalue weighted by molar-refractivity contribution is 0.0600. The average molecular weight is 281 g/mol. The Bertz CT molecular complexity index is 625. The van der Waals surface area contributed by atoms with Crippen LogP contribution in [-0.2, 0) is 4.74 Å². The molecule has 0 fully saturated rings. The van der Waals surface area contributed by atoms with Crippen LogP contribution in [0.2, 0.25) is 0 Å². The molecule has 0 unspecified atom stereocenters. The summed E-state index contributed by atoms with van der Waals surface area (Å²) in [4.78, 5) is 15.5. The normalized spacial score (nSPS) is 11.0. The van der Waals surface area contributed by atoms with Gasteiger partial charge in [-0.25, -0.2) is 4.79 Å². The van der Waals surface area contributed by atoms with Crippen LogP contribution in [0.1, 0.15) is 46.9 Å². The number of carbonyl (C=O) groups excluding carboxylic acids is 1. The topological polar surface area (TPSA) is 39.2 Å². The van der Waals surface area contributed by atoms with E-state index in [0.717, 1.165) is 11.3 Å². The van der Waals surface area contributed by atoms with Crippen LogP contribution in [0.25, 0.3) is 12.2 Å². The van der Waals surface area contributed by atoms with E-state index in [4.69, 9.17) is 0 Å². The molecule has 0 aliphatic heterocycles. The summed E-state index contributed by atoms with van der Waals surface area (Å²) in [6.45, 7) is 4.36. The highest BCUT2D eigenvalue weighted by Crippen LogP contribution is 2.16. The third-order valence-corrected chi connectivity index (χ3v) is 3.26. The van der Waals surface area contributed by atoms with E-state index >= 15 is 0 Å². The molecule has 0 saturated carbocycles. The van der Waals surface area contributed by atoms with Gasteiger partial charge >= 0.3 is 5.97 Å². The second-order valence-corrected chi connectivity index (χ2v) is 5.12. The van der Waals surface area contributed by atoms with Crippen molar-refractivity contribution in [3.63, 3.8) is 0 Å². The van der Waals surface area contributed by atoms with E-state index in [1.165, 1.54) is 18.9 Å². The van der Waals surface area contributed by atoms with E-state index in [2.05, 4.69) is 47.8 Å². The summed E-state index contributed by atoms with van der Waals surface area (Å²) in [7, 11) is 1.36. The van der Waals surface area contributed by atoms with Crippen molar-refractivity contribution < 1.29 is 9.53 Å². The first kappa shape index (κ1) is 15.0. The zero-order chi connectivity index (χ0) is 15.2. The number of hydrogen-bond acceptors (Lipinski definition) is 3. The van der Waals surface area contributed by atoms with Crippen LogP contribution in [-0.4, -0.2) is 18.1 Å². The molecule has 3 heteroatoms. The molecule has 0 atom stereocenters. The van der Waals surface area contributed by atoms with E-state index < -0.39 is 0 Å². The summed E-state index contributed by atoms with van der Waals surface area (Å²) in [6.07, 6.45) is 5.45. The van der Waals surface area contributed by atoms with Crippen molar-refractivity contribution in [2.45, 2.75) is 19.8 Å². The standard InChI is InChI=1S/C18H19NO2/c1-13(2)15-7-4-14(5-8-15)6-10-17-11-9-16(12-19-17)18(20)21-3/h4-13H,1-3H3. The molecule has 0 bridgehead atoms. The second kappa shape index (κ2) is 6.84. The minimum absolute atomic E-state index is 0.373. The van der Waals surface area contributed by atoms with Gasteiger partial charge in [0.2, 0.25) is 0 Å². The van der Waals surface area contributed by atoms with Crippen molar-refractivity contribution in [1.29, 1.82) is 0 Å². The Kier molecular flexibility index (Phi) is 4.88. The minimum Gasteiger partial charge on any atom is -0.465 e. The lowest BCUT2D eigenvalue weighted by Crippen LogP contribution is -2.01. The van der Waals surface area contributed by atoms with Crippen LogP contribution in [0.3, 0.4) is 0 Å². The van der Waals surface area contributed by atoms with Crippen LogP contribution in [0, 0.1) is 0 Å². The van der Waals surface area contributed by atoms with Crippen molar-refractivity contribution in [3.8, 4) is 0 Å². The van der Waals surface area contributed by atoms with Crippen LogP contribution in [0.5, 0.6) is 0 Å². The van der Waals surface area contributed by atoms with Crippen molar-refractivity contribution >= 4 is 18.1 Å². The Balaban J connectivity index is 2.08. The van der Waals surface area contributed by atoms with Gasteiger partial charge in [0.1, 0.15) is 0 Å². The van der Waals surface area contributed by atoms with Gasteiger partial charge in [-0.1, -0.05) is 44.2 Å². The fourth-order valence-corrected chi connectivity index (χ4v) is 1.92. The van der Waals surface area contributed by atoms with Crippen LogP contribution in [0.4, 0.5) is 0 Å². The zero-order valence-corrected chi connectivity index (χ0v) is 12.5. The molecule has 0 saturated heterocycles. The van der Waals surface area contributed by atoms with Gasteiger partial charge in [-0.15, -0.1) is 0 Å². The molecule has 1 aromatic heterocycles. The third kappa shape index (κ3) is 4.02. The van der Waals surface area contributed by atoms with Gasteiger partial charge in [-0.05, 0) is 35.3 Å². The molecule has 0 N–H and O–H groups in total. The lowest BCUT2D eigenvalue weighted by Gasteiger charge is -2.04. The van der Waals surface area contributed by atoms with E-state index in [1.54, 1.807) is 12.1 Å². The van der Waals surface area contributed by atoms with Gasteiger partial charge in [0, 0.05) is 6.20 Å². The van der Waals surface area contributed by atoms with Gasteiger partial charge in [-0.2, -0.15) is 0 Å². The number of pyridine rings is 1. The molecule has 0 aliphatic rings. The molecule has 0 radical (unpaired) electrons. The Labute approximate surface area is 125 Å². The summed E-state index contributed by atoms with van der Waals surface area (Å²) in [5.41, 5.74) is 3.71. The van der Waals surface area contributed by atoms with E-state index in [0.29, 0.717) is 11.5 Å². The highest BCUT2D eigenvalue weighted by atomic mass is 16.5. The lowest BCUT2D eigenvalue weighted by atomic mass is 10.0. The molecule has 2 rings (SSSR count). The fraction of sp³-hybridized carbons (Fsp3) is 0.222. The molecule has 1 aromatic carbocycles. The van der Waals surface area contributed by atoms with Crippen molar-refractivity contribution in [1.82, 2.24) is 4.98 Å². The maximum Gasteiger partial charge on any atom is 0.339 e. The molecule has 0 spiro atoms. The first-order valence-electron chi connectivity index (χ1n) is 6.92. The second-order valence-electron chi connectivity index (χ2n) is 5.12. The number of carbonyl (C=O) groups is 1. The first-order valence-corrected chi connectivity index (χ1v) is 6.92. The Morgan fingerprint density at radius 3 is 2.33 bits per heavy atom. The monoisotopic (exact) mass is 281 g/mol. The van der Waals surface area contributed by atoms with Crippen molar-refractivity contribution in [3.05, 3.63) is 65.0 Å². The third-order valence-electron chi connectivity index (χ3n) is 3.26. The quantitative estimate of drug-likeness (QED) is 0.790. The van der Waals surface area contributed by atoms with E-state index in [-0.39, 0.29) is 5.97 Å². The number of aromatic nitrogens is 1. The van der Waals surface area contributed by atoms with Crippen LogP contribution < -0.4 is 0 Å². The predicted molar refractivity (Wildman–Crippen MR) is 85.0 cm³/mol. The number of ether oxygens (including phenoxy) is 1. The number of esters is 1. The number of rotatable bonds is 4. The van der Waals surface area contributed by atoms with Gasteiger partial charge in [0.05, 0.1) is 18.4 Å². The summed E-state index contributed by atoms with van der Waals surface area (Å²) in [6, 6.07) is 12.0. The largest absolute Gasteiger partial charge is 0.465 e. The molecule has 21 heavy (non-hydrogen) atoms. The number of benzene rings is 1. The predicted octanol–water partition coefficient (Wildman–Crippen LogP) is 4.16. The van der Waals surface area contributed by atoms with Crippen LogP contribution >= 0.6 is 0 Å². The maximum atomic E-state index is 11.3. The van der Waals surface area contributed by atoms with Crippen LogP contribution in [0.15, 0.2) is 42.6 Å². The summed E-state index contributed by atoms with van der Waals surface area (Å²) in [5, 5.41) is 0. The smallest absolute Gasteiger partial charge is 0.339 e. The summed E-state index contributed by atoms with van der Waals surface area (Å²) in [5.74, 6) is 0.165. The average Bonchev–Trinajstić information content (AvgIpc) is 2.53. The number of nitrogens with zero attached hydrogens (tertiary/aromatic N) is 1. The Morgan fingerprint density at radius 1 is 1.10 bits per heavy atom. The molecular formula is C18H19NO2. The first-order chi connectivity index (χ1) is 10.1. The van der Waals surface area contributed by atoms with E-state index in [1.807, 2.05) is 12.2 Å². The molecular weight excluding hydrogens is 262 g/mol. The number of hydrogen-bond donors (Lipinski definition) is 0. The van der Waals surface area contributed by atoms with Gasteiger partial charge < -0.3 is 4.74 Å². The molecule has 0 aliphatic carbocycles. The van der Waals surface area contributed by atoms with Crippen molar-refractivity contribution in [2.75, 3.05) is 7.11 Å². The fourth-order valence-electron chi connectivity index (χ4n) is 1.92. The number of methoxy groups -OCH3 is 1. The zero-order valence-electron chi connectivity index (χ0n) is 12.5. The van der Waals surface area contributed by atoms with Gasteiger partial charge in [0.25, 0.3) is 0 Å². The Hall–Kier alpha value is -2.42. The highest BCUT2D eigenvalue weighted by Gasteiger charge is 2.04. The Morgan fingerprint density at radius 2 is 1.81 bits per heavy atom. The van der Waals surface area contributed by atoms with Gasteiger partial charge in [-0.3, -0.25) is 4.98 Å². The SMILES string of the molecule is COC(=O)c1ccc(C=Cc2ccc(C(C)C)cc2)nc1. The highest BCUT2D eigenvalue weighted by molar-refractivity contribution is 5.89. The molecule has 2 aromatic rings. The molecule has 3 nitrogen and oxygen atoms in total. The van der Waals surface area contributed by atoms with Gasteiger partial charge in [0.15, 0.2) is 0 Å². The summed E-state index contributed by atoms with van der Waals surface area (Å²) >= 11 is 0. The molecule has 108 valence electrons. The maximum absolute atomic E-state index is 11.3.